The average Bonchev–Trinajstić information content (AvgIpc) is 3.27. The molecule has 5 N–H and O–H groups in total. The Morgan fingerprint density at radius 1 is 0.893 bits per heavy atom. The first-order chi connectivity index (χ1) is 13.3. The third-order valence-electron chi connectivity index (χ3n) is 3.80. The number of rotatable bonds is 8. The van der Waals surface area contributed by atoms with E-state index >= 15 is 0 Å². The fraction of sp³-hybridized carbons (Fsp3) is 0.529. The molecule has 0 radical (unpaired) electrons. The van der Waals surface area contributed by atoms with Crippen LogP contribution in [0.15, 0.2) is 24.5 Å². The van der Waals surface area contributed by atoms with Gasteiger partial charge in [0.1, 0.15) is 11.6 Å². The molecule has 11 nitrogen and oxygen atoms in total. The van der Waals surface area contributed by atoms with Gasteiger partial charge in [-0.15, -0.1) is 0 Å². The van der Waals surface area contributed by atoms with E-state index in [1.165, 1.54) is 0 Å². The van der Waals surface area contributed by atoms with Gasteiger partial charge in [-0.25, -0.2) is 19.0 Å². The summed E-state index contributed by atoms with van der Waals surface area (Å²) in [5, 5.41) is 28.7. The maximum atomic E-state index is 12.0. The van der Waals surface area contributed by atoms with Gasteiger partial charge in [0.05, 0.1) is 18.5 Å². The fourth-order valence-corrected chi connectivity index (χ4v) is 2.46. The summed E-state index contributed by atoms with van der Waals surface area (Å²) < 4.78 is 3.34. The Morgan fingerprint density at radius 3 is 1.64 bits per heavy atom. The largest absolute Gasteiger partial charge is 0.389 e. The number of aliphatic hydroxyl groups excluding tert-OH is 1. The monoisotopic (exact) mass is 392 g/mol. The molecule has 0 atom stereocenters. The average molecular weight is 392 g/mol. The molecule has 2 heterocycles. The summed E-state index contributed by atoms with van der Waals surface area (Å²) in [6, 6.07) is 2.64. The van der Waals surface area contributed by atoms with Gasteiger partial charge in [0.25, 0.3) is 0 Å². The van der Waals surface area contributed by atoms with Crippen molar-refractivity contribution in [1.29, 1.82) is 0 Å². The molecule has 0 saturated heterocycles. The van der Waals surface area contributed by atoms with E-state index in [0.717, 1.165) is 0 Å². The van der Waals surface area contributed by atoms with Gasteiger partial charge in [0, 0.05) is 37.3 Å². The van der Waals surface area contributed by atoms with Gasteiger partial charge in [-0.05, 0) is 27.7 Å². The first-order valence-corrected chi connectivity index (χ1v) is 9.12. The molecule has 0 aliphatic carbocycles. The Balaban J connectivity index is 1.71. The summed E-state index contributed by atoms with van der Waals surface area (Å²) in [5.41, 5.74) is 0. The highest BCUT2D eigenvalue weighted by Gasteiger charge is 2.13. The van der Waals surface area contributed by atoms with Crippen molar-refractivity contribution in [2.75, 3.05) is 23.7 Å². The van der Waals surface area contributed by atoms with Crippen LogP contribution in [0.5, 0.6) is 0 Å². The maximum Gasteiger partial charge on any atom is 0.320 e. The van der Waals surface area contributed by atoms with Gasteiger partial charge in [-0.3, -0.25) is 10.6 Å². The van der Waals surface area contributed by atoms with E-state index in [-0.39, 0.29) is 25.2 Å². The summed E-state index contributed by atoms with van der Waals surface area (Å²) in [6.07, 6.45) is 2.25. The molecule has 0 aromatic carbocycles. The lowest BCUT2D eigenvalue weighted by Gasteiger charge is -2.16. The van der Waals surface area contributed by atoms with Gasteiger partial charge in [-0.1, -0.05) is 0 Å². The van der Waals surface area contributed by atoms with Crippen molar-refractivity contribution in [2.45, 2.75) is 45.9 Å². The molecule has 2 rings (SSSR count). The number of nitrogens with one attached hydrogen (secondary N) is 4. The van der Waals surface area contributed by atoms with Crippen LogP contribution in [0.25, 0.3) is 0 Å². The lowest BCUT2D eigenvalue weighted by Crippen LogP contribution is -2.42. The molecule has 0 saturated carbocycles. The third-order valence-corrected chi connectivity index (χ3v) is 3.80. The van der Waals surface area contributed by atoms with Crippen LogP contribution in [0.4, 0.5) is 21.2 Å². The summed E-state index contributed by atoms with van der Waals surface area (Å²) in [5.74, 6) is 1.11. The number of carbonyl (C=O) groups excluding carboxylic acids is 2. The standard InChI is InChI=1S/C17H28N8O3/c1-11(2)24-14(5-7-20-24)22-16(27)18-9-13(26)10-19-17(28)23-15-6-8-21-25(15)12(3)4/h5-8,11-13,26H,9-10H2,1-4H3,(H2,18,22,27)(H2,19,23,28). The molecule has 28 heavy (non-hydrogen) atoms. The number of aromatic nitrogens is 4. The lowest BCUT2D eigenvalue weighted by molar-refractivity contribution is 0.170. The van der Waals surface area contributed by atoms with Crippen LogP contribution in [0.1, 0.15) is 39.8 Å². The van der Waals surface area contributed by atoms with E-state index in [9.17, 15) is 14.7 Å². The molecule has 0 unspecified atom stereocenters. The van der Waals surface area contributed by atoms with Crippen LogP contribution in [-0.4, -0.2) is 55.9 Å². The molecule has 0 aliphatic rings. The van der Waals surface area contributed by atoms with E-state index < -0.39 is 18.2 Å². The molecule has 4 amide bonds. The van der Waals surface area contributed by atoms with Gasteiger partial charge in [0.15, 0.2) is 0 Å². The van der Waals surface area contributed by atoms with Crippen LogP contribution in [0.3, 0.4) is 0 Å². The van der Waals surface area contributed by atoms with Crippen molar-refractivity contribution in [1.82, 2.24) is 30.2 Å². The number of hydrogen-bond donors (Lipinski definition) is 5. The molecule has 2 aromatic heterocycles. The van der Waals surface area contributed by atoms with Crippen molar-refractivity contribution in [3.8, 4) is 0 Å². The molecule has 11 heteroatoms. The smallest absolute Gasteiger partial charge is 0.320 e. The van der Waals surface area contributed by atoms with E-state index in [4.69, 9.17) is 0 Å². The normalized spacial score (nSPS) is 11.1. The van der Waals surface area contributed by atoms with Crippen LogP contribution in [0, 0.1) is 0 Å². The van der Waals surface area contributed by atoms with E-state index in [1.807, 2.05) is 27.7 Å². The van der Waals surface area contributed by atoms with Crippen molar-refractivity contribution in [3.05, 3.63) is 24.5 Å². The number of nitrogens with zero attached hydrogens (tertiary/aromatic N) is 4. The summed E-state index contributed by atoms with van der Waals surface area (Å²) in [4.78, 5) is 23.9. The Bertz CT molecular complexity index is 719. The van der Waals surface area contributed by atoms with E-state index in [2.05, 4.69) is 31.5 Å². The molecule has 0 bridgehead atoms. The summed E-state index contributed by atoms with van der Waals surface area (Å²) in [7, 11) is 0. The van der Waals surface area contributed by atoms with Crippen molar-refractivity contribution in [3.63, 3.8) is 0 Å². The second kappa shape index (κ2) is 9.74. The minimum Gasteiger partial charge on any atom is -0.389 e. The van der Waals surface area contributed by atoms with Crippen LogP contribution in [0.2, 0.25) is 0 Å². The minimum atomic E-state index is -0.943. The van der Waals surface area contributed by atoms with E-state index in [0.29, 0.717) is 11.6 Å². The highest BCUT2D eigenvalue weighted by atomic mass is 16.3. The number of carbonyl (C=O) groups is 2. The molecule has 0 fully saturated rings. The maximum absolute atomic E-state index is 12.0. The third kappa shape index (κ3) is 5.98. The number of urea groups is 2. The predicted molar refractivity (Wildman–Crippen MR) is 105 cm³/mol. The zero-order valence-corrected chi connectivity index (χ0v) is 16.5. The quantitative estimate of drug-likeness (QED) is 0.464. The van der Waals surface area contributed by atoms with Crippen molar-refractivity contribution in [2.24, 2.45) is 0 Å². The molecule has 154 valence electrons. The van der Waals surface area contributed by atoms with Gasteiger partial charge in [-0.2, -0.15) is 10.2 Å². The first-order valence-electron chi connectivity index (χ1n) is 9.12. The van der Waals surface area contributed by atoms with Gasteiger partial charge < -0.3 is 15.7 Å². The van der Waals surface area contributed by atoms with Gasteiger partial charge in [0.2, 0.25) is 0 Å². The Labute approximate surface area is 163 Å². The summed E-state index contributed by atoms with van der Waals surface area (Å²) >= 11 is 0. The van der Waals surface area contributed by atoms with Gasteiger partial charge >= 0.3 is 12.1 Å². The highest BCUT2D eigenvalue weighted by Crippen LogP contribution is 2.13. The van der Waals surface area contributed by atoms with Crippen molar-refractivity contribution < 1.29 is 14.7 Å². The Hall–Kier alpha value is -3.08. The second-order valence-electron chi connectivity index (χ2n) is 6.83. The second-order valence-corrected chi connectivity index (χ2v) is 6.83. The van der Waals surface area contributed by atoms with E-state index in [1.54, 1.807) is 33.9 Å². The Morgan fingerprint density at radius 2 is 1.29 bits per heavy atom. The fourth-order valence-electron chi connectivity index (χ4n) is 2.46. The molecular weight excluding hydrogens is 364 g/mol. The number of aliphatic hydroxyl groups is 1. The Kier molecular flexibility index (Phi) is 7.38. The SMILES string of the molecule is CC(C)n1nccc1NC(=O)NCC(O)CNC(=O)Nc1ccnn1C(C)C. The number of amides is 4. The zero-order chi connectivity index (χ0) is 20.7. The predicted octanol–water partition coefficient (Wildman–Crippen LogP) is 1.55. The van der Waals surface area contributed by atoms with Crippen LogP contribution in [-0.2, 0) is 0 Å². The zero-order valence-electron chi connectivity index (χ0n) is 16.5. The topological polar surface area (TPSA) is 138 Å². The molecular formula is C17H28N8O3. The summed E-state index contributed by atoms with van der Waals surface area (Å²) in [6.45, 7) is 7.75. The molecule has 2 aromatic rings. The van der Waals surface area contributed by atoms with Crippen LogP contribution >= 0.6 is 0 Å². The molecule has 0 spiro atoms. The first kappa shape index (κ1) is 21.2. The highest BCUT2D eigenvalue weighted by molar-refractivity contribution is 5.89. The number of anilines is 2. The number of hydrogen-bond acceptors (Lipinski definition) is 5. The molecule has 0 aliphatic heterocycles. The van der Waals surface area contributed by atoms with Crippen LogP contribution < -0.4 is 21.3 Å². The lowest BCUT2D eigenvalue weighted by atomic mass is 10.3. The minimum absolute atomic E-state index is 0.0220. The van der Waals surface area contributed by atoms with Crippen molar-refractivity contribution >= 4 is 23.7 Å².